The molecular formula is C12H18BrN. The summed E-state index contributed by atoms with van der Waals surface area (Å²) in [6, 6.07) is 10.7. The molecule has 0 aliphatic rings. The van der Waals surface area contributed by atoms with E-state index in [0.717, 1.165) is 18.3 Å². The summed E-state index contributed by atoms with van der Waals surface area (Å²) in [6.07, 6.45) is 2.38. The van der Waals surface area contributed by atoms with Crippen molar-refractivity contribution in [2.24, 2.45) is 0 Å². The average molecular weight is 256 g/mol. The van der Waals surface area contributed by atoms with Gasteiger partial charge >= 0.3 is 0 Å². The maximum Gasteiger partial charge on any atom is 0.00434 e. The molecule has 0 radical (unpaired) electrons. The topological polar surface area (TPSA) is 3.24 Å². The van der Waals surface area contributed by atoms with Gasteiger partial charge in [0.1, 0.15) is 0 Å². The average Bonchev–Trinajstić information content (AvgIpc) is 2.25. The molecule has 0 atom stereocenters. The molecule has 1 aromatic carbocycles. The first-order chi connectivity index (χ1) is 6.83. The Kier molecular flexibility index (Phi) is 5.88. The smallest absolute Gasteiger partial charge is 0.00434 e. The van der Waals surface area contributed by atoms with Crippen molar-refractivity contribution in [2.75, 3.05) is 25.5 Å². The van der Waals surface area contributed by atoms with Crippen molar-refractivity contribution < 1.29 is 0 Å². The first-order valence-corrected chi connectivity index (χ1v) is 6.23. The van der Waals surface area contributed by atoms with Crippen LogP contribution in [0, 0.1) is 0 Å². The summed E-state index contributed by atoms with van der Waals surface area (Å²) in [6.45, 7) is 2.33. The molecular weight excluding hydrogens is 238 g/mol. The van der Waals surface area contributed by atoms with E-state index in [9.17, 15) is 0 Å². The van der Waals surface area contributed by atoms with Gasteiger partial charge < -0.3 is 4.90 Å². The van der Waals surface area contributed by atoms with E-state index in [1.165, 1.54) is 18.5 Å². The van der Waals surface area contributed by atoms with Crippen LogP contribution in [0.25, 0.3) is 0 Å². The Bertz CT molecular complexity index is 235. The predicted octanol–water partition coefficient (Wildman–Crippen LogP) is 2.95. The molecule has 0 spiro atoms. The van der Waals surface area contributed by atoms with Crippen molar-refractivity contribution >= 4 is 15.9 Å². The Morgan fingerprint density at radius 3 is 2.50 bits per heavy atom. The van der Waals surface area contributed by atoms with Crippen molar-refractivity contribution in [1.29, 1.82) is 0 Å². The molecule has 0 aliphatic heterocycles. The number of halogens is 1. The molecule has 0 amide bonds. The summed E-state index contributed by atoms with van der Waals surface area (Å²) < 4.78 is 0. The molecule has 0 N–H and O–H groups in total. The number of hydrogen-bond acceptors (Lipinski definition) is 1. The van der Waals surface area contributed by atoms with E-state index in [2.05, 4.69) is 58.2 Å². The molecule has 0 aliphatic carbocycles. The highest BCUT2D eigenvalue weighted by Gasteiger charge is 1.97. The van der Waals surface area contributed by atoms with Gasteiger partial charge in [0.2, 0.25) is 0 Å². The van der Waals surface area contributed by atoms with Crippen molar-refractivity contribution in [1.82, 2.24) is 4.90 Å². The van der Waals surface area contributed by atoms with Crippen LogP contribution in [-0.4, -0.2) is 30.4 Å². The number of alkyl halides is 1. The van der Waals surface area contributed by atoms with E-state index in [-0.39, 0.29) is 0 Å². The fourth-order valence-electron chi connectivity index (χ4n) is 1.41. The van der Waals surface area contributed by atoms with Gasteiger partial charge in [-0.3, -0.25) is 0 Å². The molecule has 0 saturated heterocycles. The maximum atomic E-state index is 3.45. The Balaban J connectivity index is 2.20. The Morgan fingerprint density at radius 2 is 1.86 bits per heavy atom. The number of nitrogens with zero attached hydrogens (tertiary/aromatic N) is 1. The molecule has 0 unspecified atom stereocenters. The van der Waals surface area contributed by atoms with Crippen LogP contribution in [0.15, 0.2) is 30.3 Å². The number of rotatable bonds is 6. The van der Waals surface area contributed by atoms with Crippen molar-refractivity contribution in [3.8, 4) is 0 Å². The van der Waals surface area contributed by atoms with E-state index in [0.29, 0.717) is 0 Å². The van der Waals surface area contributed by atoms with Crippen LogP contribution < -0.4 is 0 Å². The van der Waals surface area contributed by atoms with Crippen molar-refractivity contribution in [3.63, 3.8) is 0 Å². The summed E-state index contributed by atoms with van der Waals surface area (Å²) >= 11 is 3.45. The molecule has 1 aromatic rings. The van der Waals surface area contributed by atoms with Crippen LogP contribution in [0.4, 0.5) is 0 Å². The maximum absolute atomic E-state index is 3.45. The molecule has 0 saturated carbocycles. The number of likely N-dealkylation sites (N-methyl/N-ethyl adjacent to an activating group) is 1. The second kappa shape index (κ2) is 7.02. The number of hydrogen-bond donors (Lipinski definition) is 0. The zero-order valence-corrected chi connectivity index (χ0v) is 10.3. The van der Waals surface area contributed by atoms with Gasteiger partial charge in [-0.05, 0) is 32.0 Å². The molecule has 0 fully saturated rings. The second-order valence-electron chi connectivity index (χ2n) is 3.58. The van der Waals surface area contributed by atoms with Crippen LogP contribution in [0.2, 0.25) is 0 Å². The molecule has 2 heteroatoms. The molecule has 0 heterocycles. The third-order valence-corrected chi connectivity index (χ3v) is 2.86. The van der Waals surface area contributed by atoms with Gasteiger partial charge in [-0.15, -0.1) is 0 Å². The monoisotopic (exact) mass is 255 g/mol. The lowest BCUT2D eigenvalue weighted by atomic mass is 10.1. The minimum Gasteiger partial charge on any atom is -0.306 e. The molecule has 1 rings (SSSR count). The third kappa shape index (κ3) is 4.77. The first-order valence-electron chi connectivity index (χ1n) is 5.11. The van der Waals surface area contributed by atoms with Gasteiger partial charge in [0.05, 0.1) is 0 Å². The summed E-state index contributed by atoms with van der Waals surface area (Å²) in [5.41, 5.74) is 1.43. The summed E-state index contributed by atoms with van der Waals surface area (Å²) in [4.78, 5) is 2.38. The van der Waals surface area contributed by atoms with E-state index in [1.54, 1.807) is 0 Å². The zero-order chi connectivity index (χ0) is 10.2. The standard InChI is InChI=1S/C12H18BrN/c1-14(10-5-9-13)11-8-12-6-3-2-4-7-12/h2-4,6-7H,5,8-11H2,1H3. The quantitative estimate of drug-likeness (QED) is 0.707. The van der Waals surface area contributed by atoms with Crippen LogP contribution in [-0.2, 0) is 6.42 Å². The lowest BCUT2D eigenvalue weighted by molar-refractivity contribution is 0.340. The molecule has 1 nitrogen and oxygen atoms in total. The normalized spacial score (nSPS) is 10.8. The predicted molar refractivity (Wildman–Crippen MR) is 66.1 cm³/mol. The lowest BCUT2D eigenvalue weighted by Crippen LogP contribution is -2.22. The van der Waals surface area contributed by atoms with Gasteiger partial charge in [0.15, 0.2) is 0 Å². The number of benzene rings is 1. The third-order valence-electron chi connectivity index (χ3n) is 2.30. The van der Waals surface area contributed by atoms with Gasteiger partial charge in [0.25, 0.3) is 0 Å². The SMILES string of the molecule is CN(CCCBr)CCc1ccccc1. The van der Waals surface area contributed by atoms with E-state index in [4.69, 9.17) is 0 Å². The minimum absolute atomic E-state index is 1.10. The Labute approximate surface area is 95.2 Å². The van der Waals surface area contributed by atoms with Crippen LogP contribution in [0.5, 0.6) is 0 Å². The first kappa shape index (κ1) is 11.7. The summed E-state index contributed by atoms with van der Waals surface area (Å²) in [7, 11) is 2.19. The summed E-state index contributed by atoms with van der Waals surface area (Å²) in [5.74, 6) is 0. The second-order valence-corrected chi connectivity index (χ2v) is 4.37. The van der Waals surface area contributed by atoms with Crippen LogP contribution in [0.1, 0.15) is 12.0 Å². The largest absolute Gasteiger partial charge is 0.306 e. The molecule has 78 valence electrons. The Morgan fingerprint density at radius 1 is 1.14 bits per heavy atom. The Hall–Kier alpha value is -0.340. The fourth-order valence-corrected chi connectivity index (χ4v) is 1.66. The van der Waals surface area contributed by atoms with E-state index < -0.39 is 0 Å². The fraction of sp³-hybridized carbons (Fsp3) is 0.500. The van der Waals surface area contributed by atoms with Crippen LogP contribution in [0.3, 0.4) is 0 Å². The van der Waals surface area contributed by atoms with Crippen molar-refractivity contribution in [2.45, 2.75) is 12.8 Å². The highest BCUT2D eigenvalue weighted by atomic mass is 79.9. The zero-order valence-electron chi connectivity index (χ0n) is 8.75. The minimum atomic E-state index is 1.10. The van der Waals surface area contributed by atoms with Crippen LogP contribution >= 0.6 is 15.9 Å². The highest BCUT2D eigenvalue weighted by molar-refractivity contribution is 9.09. The van der Waals surface area contributed by atoms with Gasteiger partial charge in [-0.25, -0.2) is 0 Å². The molecule has 0 bridgehead atoms. The van der Waals surface area contributed by atoms with E-state index >= 15 is 0 Å². The molecule has 0 aromatic heterocycles. The summed E-state index contributed by atoms with van der Waals surface area (Å²) in [5, 5.41) is 1.10. The van der Waals surface area contributed by atoms with Gasteiger partial charge in [-0.1, -0.05) is 46.3 Å². The van der Waals surface area contributed by atoms with Gasteiger partial charge in [0, 0.05) is 11.9 Å². The van der Waals surface area contributed by atoms with Crippen molar-refractivity contribution in [3.05, 3.63) is 35.9 Å². The molecule has 14 heavy (non-hydrogen) atoms. The van der Waals surface area contributed by atoms with E-state index in [1.807, 2.05) is 0 Å². The highest BCUT2D eigenvalue weighted by Crippen LogP contribution is 2.01. The lowest BCUT2D eigenvalue weighted by Gasteiger charge is -2.15. The van der Waals surface area contributed by atoms with Gasteiger partial charge in [-0.2, -0.15) is 0 Å².